The summed E-state index contributed by atoms with van der Waals surface area (Å²) >= 11 is 1.81. The molecule has 0 bridgehead atoms. The standard InChI is InChI=1S/C14H15NOS/c1-10-5-7-17-14(10)9-15-12-2-3-13-11(8-12)4-6-16-13/h2-3,5,7-8,15H,4,6,9H2,1H3. The smallest absolute Gasteiger partial charge is 0.122 e. The van der Waals surface area contributed by atoms with Crippen molar-refractivity contribution in [3.63, 3.8) is 0 Å². The average molecular weight is 245 g/mol. The summed E-state index contributed by atoms with van der Waals surface area (Å²) in [5, 5.41) is 5.61. The topological polar surface area (TPSA) is 21.3 Å². The van der Waals surface area contributed by atoms with Crippen LogP contribution in [0.1, 0.15) is 16.0 Å². The first kappa shape index (κ1) is 10.7. The lowest BCUT2D eigenvalue weighted by molar-refractivity contribution is 0.357. The third kappa shape index (κ3) is 2.15. The molecule has 1 aromatic heterocycles. The summed E-state index contributed by atoms with van der Waals surface area (Å²) in [7, 11) is 0. The third-order valence-corrected chi connectivity index (χ3v) is 4.13. The van der Waals surface area contributed by atoms with Gasteiger partial charge in [-0.15, -0.1) is 11.3 Å². The van der Waals surface area contributed by atoms with Crippen LogP contribution in [0.3, 0.4) is 0 Å². The molecule has 0 spiro atoms. The van der Waals surface area contributed by atoms with Crippen LogP contribution in [0.2, 0.25) is 0 Å². The number of hydrogen-bond donors (Lipinski definition) is 1. The first-order valence-corrected chi connectivity index (χ1v) is 6.73. The van der Waals surface area contributed by atoms with Gasteiger partial charge in [-0.25, -0.2) is 0 Å². The van der Waals surface area contributed by atoms with Crippen molar-refractivity contribution in [1.82, 2.24) is 0 Å². The van der Waals surface area contributed by atoms with Crippen LogP contribution in [-0.2, 0) is 13.0 Å². The predicted molar refractivity (Wildman–Crippen MR) is 72.0 cm³/mol. The van der Waals surface area contributed by atoms with E-state index in [9.17, 15) is 0 Å². The second-order valence-corrected chi connectivity index (χ2v) is 5.30. The van der Waals surface area contributed by atoms with Crippen LogP contribution in [0.15, 0.2) is 29.6 Å². The van der Waals surface area contributed by atoms with Gasteiger partial charge in [-0.3, -0.25) is 0 Å². The van der Waals surface area contributed by atoms with Crippen molar-refractivity contribution in [2.75, 3.05) is 11.9 Å². The van der Waals surface area contributed by atoms with Crippen LogP contribution in [-0.4, -0.2) is 6.61 Å². The Morgan fingerprint density at radius 2 is 2.29 bits per heavy atom. The van der Waals surface area contributed by atoms with Crippen LogP contribution in [0.25, 0.3) is 0 Å². The molecule has 0 unspecified atom stereocenters. The van der Waals surface area contributed by atoms with Crippen LogP contribution in [0.4, 0.5) is 5.69 Å². The zero-order chi connectivity index (χ0) is 11.7. The minimum absolute atomic E-state index is 0.822. The van der Waals surface area contributed by atoms with E-state index in [0.29, 0.717) is 0 Å². The molecule has 0 saturated carbocycles. The summed E-state index contributed by atoms with van der Waals surface area (Å²) in [6.07, 6.45) is 1.03. The van der Waals surface area contributed by atoms with Crippen molar-refractivity contribution in [3.05, 3.63) is 45.6 Å². The van der Waals surface area contributed by atoms with E-state index in [2.05, 4.69) is 41.9 Å². The number of hydrogen-bond acceptors (Lipinski definition) is 3. The highest BCUT2D eigenvalue weighted by atomic mass is 32.1. The SMILES string of the molecule is Cc1ccsc1CNc1ccc2c(c1)CCO2. The van der Waals surface area contributed by atoms with E-state index in [0.717, 1.165) is 25.3 Å². The van der Waals surface area contributed by atoms with Crippen LogP contribution < -0.4 is 10.1 Å². The van der Waals surface area contributed by atoms with Crippen molar-refractivity contribution in [3.8, 4) is 5.75 Å². The predicted octanol–water partition coefficient (Wildman–Crippen LogP) is 3.60. The molecule has 1 aromatic carbocycles. The molecule has 0 atom stereocenters. The van der Waals surface area contributed by atoms with Gasteiger partial charge < -0.3 is 10.1 Å². The molecule has 0 fully saturated rings. The lowest BCUT2D eigenvalue weighted by Gasteiger charge is -2.07. The van der Waals surface area contributed by atoms with Crippen molar-refractivity contribution >= 4 is 17.0 Å². The van der Waals surface area contributed by atoms with Gasteiger partial charge in [-0.05, 0) is 47.7 Å². The van der Waals surface area contributed by atoms with E-state index in [1.807, 2.05) is 11.3 Å². The van der Waals surface area contributed by atoms with Gasteiger partial charge in [0.15, 0.2) is 0 Å². The third-order valence-electron chi connectivity index (χ3n) is 3.11. The summed E-state index contributed by atoms with van der Waals surface area (Å²) in [4.78, 5) is 1.40. The van der Waals surface area contributed by atoms with Crippen molar-refractivity contribution in [1.29, 1.82) is 0 Å². The molecule has 17 heavy (non-hydrogen) atoms. The van der Waals surface area contributed by atoms with Gasteiger partial charge >= 0.3 is 0 Å². The molecular weight excluding hydrogens is 230 g/mol. The van der Waals surface area contributed by atoms with Gasteiger partial charge in [0, 0.05) is 23.5 Å². The molecule has 3 rings (SSSR count). The zero-order valence-electron chi connectivity index (χ0n) is 9.82. The Morgan fingerprint density at radius 3 is 3.12 bits per heavy atom. The number of anilines is 1. The minimum atomic E-state index is 0.822. The van der Waals surface area contributed by atoms with Crippen molar-refractivity contribution < 1.29 is 4.74 Å². The van der Waals surface area contributed by atoms with Gasteiger partial charge in [-0.2, -0.15) is 0 Å². The van der Waals surface area contributed by atoms with Gasteiger partial charge in [0.05, 0.1) is 6.61 Å². The molecule has 0 aliphatic carbocycles. The van der Waals surface area contributed by atoms with E-state index < -0.39 is 0 Å². The van der Waals surface area contributed by atoms with E-state index in [1.54, 1.807) is 0 Å². The molecule has 0 saturated heterocycles. The van der Waals surface area contributed by atoms with E-state index in [-0.39, 0.29) is 0 Å². The minimum Gasteiger partial charge on any atom is -0.493 e. The lowest BCUT2D eigenvalue weighted by Crippen LogP contribution is -1.98. The average Bonchev–Trinajstić information content (AvgIpc) is 2.94. The number of thiophene rings is 1. The highest BCUT2D eigenvalue weighted by molar-refractivity contribution is 7.10. The number of ether oxygens (including phenoxy) is 1. The maximum atomic E-state index is 5.50. The molecule has 0 radical (unpaired) electrons. The van der Waals surface area contributed by atoms with E-state index >= 15 is 0 Å². The lowest BCUT2D eigenvalue weighted by atomic mass is 10.1. The number of benzene rings is 1. The highest BCUT2D eigenvalue weighted by Gasteiger charge is 2.11. The quantitative estimate of drug-likeness (QED) is 0.892. The maximum Gasteiger partial charge on any atom is 0.122 e. The Bertz CT molecular complexity index is 533. The Kier molecular flexibility index (Phi) is 2.77. The molecular formula is C14H15NOS. The maximum absolute atomic E-state index is 5.50. The molecule has 1 N–H and O–H groups in total. The monoisotopic (exact) mass is 245 g/mol. The largest absolute Gasteiger partial charge is 0.493 e. The molecule has 2 nitrogen and oxygen atoms in total. The second kappa shape index (κ2) is 4.41. The van der Waals surface area contributed by atoms with E-state index in [1.165, 1.54) is 21.7 Å². The fourth-order valence-corrected chi connectivity index (χ4v) is 2.91. The summed E-state index contributed by atoms with van der Waals surface area (Å²) in [6.45, 7) is 3.88. The van der Waals surface area contributed by atoms with E-state index in [4.69, 9.17) is 4.74 Å². The van der Waals surface area contributed by atoms with Gasteiger partial charge in [0.2, 0.25) is 0 Å². The Hall–Kier alpha value is -1.48. The Labute approximate surface area is 105 Å². The van der Waals surface area contributed by atoms with Crippen molar-refractivity contribution in [2.45, 2.75) is 19.9 Å². The molecule has 3 heteroatoms. The molecule has 1 aliphatic rings. The Morgan fingerprint density at radius 1 is 1.35 bits per heavy atom. The molecule has 2 heterocycles. The molecule has 88 valence electrons. The summed E-state index contributed by atoms with van der Waals surface area (Å²) in [5.74, 6) is 1.04. The van der Waals surface area contributed by atoms with Crippen LogP contribution >= 0.6 is 11.3 Å². The summed E-state index contributed by atoms with van der Waals surface area (Å²) in [5.41, 5.74) is 3.87. The fraction of sp³-hybridized carbons (Fsp3) is 0.286. The number of rotatable bonds is 3. The summed E-state index contributed by atoms with van der Waals surface area (Å²) in [6, 6.07) is 8.52. The first-order chi connectivity index (χ1) is 8.33. The normalized spacial score (nSPS) is 13.2. The molecule has 0 amide bonds. The van der Waals surface area contributed by atoms with Crippen LogP contribution in [0, 0.1) is 6.92 Å². The first-order valence-electron chi connectivity index (χ1n) is 5.85. The van der Waals surface area contributed by atoms with Gasteiger partial charge in [0.25, 0.3) is 0 Å². The van der Waals surface area contributed by atoms with Crippen LogP contribution in [0.5, 0.6) is 5.75 Å². The van der Waals surface area contributed by atoms with Gasteiger partial charge in [-0.1, -0.05) is 0 Å². The highest BCUT2D eigenvalue weighted by Crippen LogP contribution is 2.28. The molecule has 2 aromatic rings. The fourth-order valence-electron chi connectivity index (χ4n) is 2.06. The van der Waals surface area contributed by atoms with Gasteiger partial charge in [0.1, 0.15) is 5.75 Å². The van der Waals surface area contributed by atoms with Crippen molar-refractivity contribution in [2.24, 2.45) is 0 Å². The number of fused-ring (bicyclic) bond motifs is 1. The Balaban J connectivity index is 1.72. The molecule has 1 aliphatic heterocycles. The number of aryl methyl sites for hydroxylation is 1. The summed E-state index contributed by atoms with van der Waals surface area (Å²) < 4.78 is 5.50. The second-order valence-electron chi connectivity index (χ2n) is 4.30. The number of nitrogens with one attached hydrogen (secondary N) is 1. The zero-order valence-corrected chi connectivity index (χ0v) is 10.6.